The Kier molecular flexibility index (Phi) is 5.68. The summed E-state index contributed by atoms with van der Waals surface area (Å²) in [5.41, 5.74) is 1.96. The second kappa shape index (κ2) is 7.50. The number of hydrogen-bond acceptors (Lipinski definition) is 2. The van der Waals surface area contributed by atoms with E-state index in [0.717, 1.165) is 22.9 Å². The number of likely N-dealkylation sites (N-methyl/N-ethyl adjacent to an activating group) is 1. The van der Waals surface area contributed by atoms with Crippen LogP contribution in [0.2, 0.25) is 0 Å². The van der Waals surface area contributed by atoms with Crippen LogP contribution in [-0.4, -0.2) is 18.1 Å². The number of rotatable bonds is 6. The summed E-state index contributed by atoms with van der Waals surface area (Å²) in [6.07, 6.45) is 6.24. The molecule has 20 heavy (non-hydrogen) atoms. The predicted molar refractivity (Wildman–Crippen MR) is 83.2 cm³/mol. The SMILES string of the molecule is CNC(CCc1cccnc1)Cc1ccc(Br)cc1F. The Morgan fingerprint density at radius 3 is 2.85 bits per heavy atom. The first-order valence-corrected chi connectivity index (χ1v) is 7.48. The van der Waals surface area contributed by atoms with Crippen LogP contribution in [0.4, 0.5) is 4.39 Å². The van der Waals surface area contributed by atoms with Gasteiger partial charge in [0.05, 0.1) is 0 Å². The molecule has 0 radical (unpaired) electrons. The highest BCUT2D eigenvalue weighted by atomic mass is 79.9. The molecular weight excluding hydrogens is 319 g/mol. The third-order valence-electron chi connectivity index (χ3n) is 3.39. The molecule has 0 saturated heterocycles. The number of benzene rings is 1. The fourth-order valence-electron chi connectivity index (χ4n) is 2.19. The molecule has 0 fully saturated rings. The summed E-state index contributed by atoms with van der Waals surface area (Å²) in [5.74, 6) is -0.152. The molecule has 0 saturated carbocycles. The summed E-state index contributed by atoms with van der Waals surface area (Å²) in [7, 11) is 1.92. The highest BCUT2D eigenvalue weighted by Crippen LogP contribution is 2.17. The maximum atomic E-state index is 13.8. The highest BCUT2D eigenvalue weighted by Gasteiger charge is 2.11. The number of halogens is 2. The number of aromatic nitrogens is 1. The zero-order valence-electron chi connectivity index (χ0n) is 11.4. The van der Waals surface area contributed by atoms with Gasteiger partial charge in [0.1, 0.15) is 5.82 Å². The second-order valence-electron chi connectivity index (χ2n) is 4.83. The van der Waals surface area contributed by atoms with E-state index in [1.165, 1.54) is 11.6 Å². The van der Waals surface area contributed by atoms with E-state index in [4.69, 9.17) is 0 Å². The van der Waals surface area contributed by atoms with E-state index in [1.807, 2.05) is 31.4 Å². The van der Waals surface area contributed by atoms with Gasteiger partial charge in [0.15, 0.2) is 0 Å². The van der Waals surface area contributed by atoms with Crippen molar-refractivity contribution in [1.29, 1.82) is 0 Å². The minimum atomic E-state index is -0.152. The molecule has 1 N–H and O–H groups in total. The number of nitrogens with zero attached hydrogens (tertiary/aromatic N) is 1. The Labute approximate surface area is 127 Å². The van der Waals surface area contributed by atoms with E-state index >= 15 is 0 Å². The molecule has 4 heteroatoms. The maximum absolute atomic E-state index is 13.8. The normalized spacial score (nSPS) is 12.3. The summed E-state index contributed by atoms with van der Waals surface area (Å²) >= 11 is 3.28. The van der Waals surface area contributed by atoms with E-state index in [2.05, 4.69) is 32.3 Å². The first-order valence-electron chi connectivity index (χ1n) is 6.69. The topological polar surface area (TPSA) is 24.9 Å². The molecule has 106 valence electrons. The van der Waals surface area contributed by atoms with E-state index in [-0.39, 0.29) is 11.9 Å². The Morgan fingerprint density at radius 2 is 2.20 bits per heavy atom. The van der Waals surface area contributed by atoms with Crippen LogP contribution in [-0.2, 0) is 12.8 Å². The molecule has 1 unspecified atom stereocenters. The Bertz CT molecular complexity index is 545. The molecule has 0 bridgehead atoms. The molecule has 0 aliphatic carbocycles. The van der Waals surface area contributed by atoms with Gasteiger partial charge in [-0.1, -0.05) is 28.1 Å². The number of hydrogen-bond donors (Lipinski definition) is 1. The lowest BCUT2D eigenvalue weighted by Gasteiger charge is -2.16. The largest absolute Gasteiger partial charge is 0.317 e. The quantitative estimate of drug-likeness (QED) is 0.868. The third kappa shape index (κ3) is 4.39. The van der Waals surface area contributed by atoms with Gasteiger partial charge in [-0.25, -0.2) is 4.39 Å². The van der Waals surface area contributed by atoms with Crippen molar-refractivity contribution in [3.05, 3.63) is 64.1 Å². The number of aryl methyl sites for hydroxylation is 1. The van der Waals surface area contributed by atoms with Gasteiger partial charge in [0.2, 0.25) is 0 Å². The van der Waals surface area contributed by atoms with Gasteiger partial charge in [-0.3, -0.25) is 4.98 Å². The minimum Gasteiger partial charge on any atom is -0.317 e. The van der Waals surface area contributed by atoms with Gasteiger partial charge in [-0.05, 0) is 55.6 Å². The van der Waals surface area contributed by atoms with Crippen molar-refractivity contribution in [2.75, 3.05) is 7.05 Å². The minimum absolute atomic E-state index is 0.152. The summed E-state index contributed by atoms with van der Waals surface area (Å²) < 4.78 is 14.6. The van der Waals surface area contributed by atoms with Crippen molar-refractivity contribution in [3.8, 4) is 0 Å². The van der Waals surface area contributed by atoms with Crippen molar-refractivity contribution in [2.45, 2.75) is 25.3 Å². The van der Waals surface area contributed by atoms with Crippen molar-refractivity contribution in [1.82, 2.24) is 10.3 Å². The molecule has 2 aromatic rings. The lowest BCUT2D eigenvalue weighted by molar-refractivity contribution is 0.504. The Balaban J connectivity index is 1.95. The average Bonchev–Trinajstić information content (AvgIpc) is 2.46. The summed E-state index contributed by atoms with van der Waals surface area (Å²) in [4.78, 5) is 4.11. The molecule has 0 aliphatic heterocycles. The first kappa shape index (κ1) is 15.1. The number of pyridine rings is 1. The van der Waals surface area contributed by atoms with Gasteiger partial charge >= 0.3 is 0 Å². The molecule has 1 heterocycles. The fraction of sp³-hybridized carbons (Fsp3) is 0.312. The maximum Gasteiger partial charge on any atom is 0.127 e. The molecule has 2 rings (SSSR count). The third-order valence-corrected chi connectivity index (χ3v) is 3.89. The Morgan fingerprint density at radius 1 is 1.35 bits per heavy atom. The lowest BCUT2D eigenvalue weighted by atomic mass is 9.99. The van der Waals surface area contributed by atoms with Gasteiger partial charge in [0, 0.05) is 22.9 Å². The van der Waals surface area contributed by atoms with E-state index in [1.54, 1.807) is 6.20 Å². The van der Waals surface area contributed by atoms with Gasteiger partial charge in [0.25, 0.3) is 0 Å². The molecule has 0 aliphatic rings. The average molecular weight is 337 g/mol. The van der Waals surface area contributed by atoms with Crippen LogP contribution in [0.15, 0.2) is 47.2 Å². The monoisotopic (exact) mass is 336 g/mol. The smallest absolute Gasteiger partial charge is 0.127 e. The van der Waals surface area contributed by atoms with Crippen LogP contribution >= 0.6 is 15.9 Å². The van der Waals surface area contributed by atoms with Crippen LogP contribution in [0.5, 0.6) is 0 Å². The lowest BCUT2D eigenvalue weighted by Crippen LogP contribution is -2.28. The predicted octanol–water partition coefficient (Wildman–Crippen LogP) is 3.75. The van der Waals surface area contributed by atoms with Crippen molar-refractivity contribution >= 4 is 15.9 Å². The molecule has 0 amide bonds. The van der Waals surface area contributed by atoms with E-state index in [0.29, 0.717) is 6.42 Å². The van der Waals surface area contributed by atoms with Crippen molar-refractivity contribution in [2.24, 2.45) is 0 Å². The molecule has 1 atom stereocenters. The first-order chi connectivity index (χ1) is 9.69. The van der Waals surface area contributed by atoms with Crippen LogP contribution < -0.4 is 5.32 Å². The Hall–Kier alpha value is -1.26. The standard InChI is InChI=1S/C16H18BrFN2/c1-19-15(7-4-12-3-2-8-20-11-12)9-13-5-6-14(17)10-16(13)18/h2-3,5-6,8,10-11,15,19H,4,7,9H2,1H3. The van der Waals surface area contributed by atoms with E-state index in [9.17, 15) is 4.39 Å². The van der Waals surface area contributed by atoms with Crippen molar-refractivity contribution < 1.29 is 4.39 Å². The van der Waals surface area contributed by atoms with Crippen LogP contribution in [0, 0.1) is 5.82 Å². The van der Waals surface area contributed by atoms with Gasteiger partial charge in [-0.2, -0.15) is 0 Å². The molecular formula is C16H18BrFN2. The van der Waals surface area contributed by atoms with Crippen molar-refractivity contribution in [3.63, 3.8) is 0 Å². The van der Waals surface area contributed by atoms with E-state index < -0.39 is 0 Å². The summed E-state index contributed by atoms with van der Waals surface area (Å²) in [6, 6.07) is 9.51. The zero-order chi connectivity index (χ0) is 14.4. The van der Waals surface area contributed by atoms with Crippen LogP contribution in [0.3, 0.4) is 0 Å². The summed E-state index contributed by atoms with van der Waals surface area (Å²) in [5, 5.41) is 3.26. The summed E-state index contributed by atoms with van der Waals surface area (Å²) in [6.45, 7) is 0. The molecule has 1 aromatic heterocycles. The second-order valence-corrected chi connectivity index (χ2v) is 5.74. The van der Waals surface area contributed by atoms with Gasteiger partial charge < -0.3 is 5.32 Å². The molecule has 0 spiro atoms. The van der Waals surface area contributed by atoms with Crippen LogP contribution in [0.25, 0.3) is 0 Å². The van der Waals surface area contributed by atoms with Gasteiger partial charge in [-0.15, -0.1) is 0 Å². The number of nitrogens with one attached hydrogen (secondary N) is 1. The molecule has 1 aromatic carbocycles. The zero-order valence-corrected chi connectivity index (χ0v) is 13.0. The van der Waals surface area contributed by atoms with Crippen LogP contribution in [0.1, 0.15) is 17.5 Å². The molecule has 2 nitrogen and oxygen atoms in total. The fourth-order valence-corrected chi connectivity index (χ4v) is 2.52. The highest BCUT2D eigenvalue weighted by molar-refractivity contribution is 9.10.